The summed E-state index contributed by atoms with van der Waals surface area (Å²) in [6.07, 6.45) is 5.28. The van der Waals surface area contributed by atoms with Crippen LogP contribution in [0.2, 0.25) is 0 Å². The lowest BCUT2D eigenvalue weighted by Gasteiger charge is -2.35. The Morgan fingerprint density at radius 2 is 1.92 bits per heavy atom. The molecule has 0 radical (unpaired) electrons. The summed E-state index contributed by atoms with van der Waals surface area (Å²) in [4.78, 5) is 14.3. The summed E-state index contributed by atoms with van der Waals surface area (Å²) in [6, 6.07) is 12.8. The quantitative estimate of drug-likeness (QED) is 0.660. The van der Waals surface area contributed by atoms with Crippen molar-refractivity contribution in [3.8, 4) is 0 Å². The van der Waals surface area contributed by atoms with Gasteiger partial charge in [0, 0.05) is 38.8 Å². The van der Waals surface area contributed by atoms with Crippen molar-refractivity contribution in [2.75, 3.05) is 37.6 Å². The van der Waals surface area contributed by atoms with E-state index in [2.05, 4.69) is 58.1 Å². The normalized spacial score (nSPS) is 15.7. The van der Waals surface area contributed by atoms with Gasteiger partial charge in [-0.05, 0) is 49.2 Å². The van der Waals surface area contributed by atoms with Gasteiger partial charge >= 0.3 is 0 Å². The maximum Gasteiger partial charge on any atom is 0.128 e. The molecule has 1 fully saturated rings. The van der Waals surface area contributed by atoms with E-state index < -0.39 is 0 Å². The summed E-state index contributed by atoms with van der Waals surface area (Å²) in [6.45, 7) is 7.74. The number of hydrogen-bond donors (Lipinski definition) is 0. The molecule has 5 heteroatoms. The fourth-order valence-electron chi connectivity index (χ4n) is 3.53. The molecule has 0 aliphatic carbocycles. The number of fused-ring (bicyclic) bond motifs is 1. The van der Waals surface area contributed by atoms with Gasteiger partial charge in [0.15, 0.2) is 0 Å². The SMILES string of the molecule is CCc1ccnc(N2CCN(CCCc3nc4ccccc4s3)CC2)c1. The number of pyridine rings is 1. The smallest absolute Gasteiger partial charge is 0.128 e. The molecular weight excluding hydrogens is 340 g/mol. The van der Waals surface area contributed by atoms with Crippen LogP contribution in [0.25, 0.3) is 10.2 Å². The van der Waals surface area contributed by atoms with Crippen LogP contribution in [0.4, 0.5) is 5.82 Å². The van der Waals surface area contributed by atoms with E-state index in [-0.39, 0.29) is 0 Å². The van der Waals surface area contributed by atoms with Gasteiger partial charge in [-0.15, -0.1) is 11.3 Å². The number of benzene rings is 1. The van der Waals surface area contributed by atoms with E-state index in [9.17, 15) is 0 Å². The highest BCUT2D eigenvalue weighted by atomic mass is 32.1. The molecular formula is C21H26N4S. The summed E-state index contributed by atoms with van der Waals surface area (Å²) in [7, 11) is 0. The Morgan fingerprint density at radius 3 is 2.73 bits per heavy atom. The predicted molar refractivity (Wildman–Crippen MR) is 110 cm³/mol. The molecule has 3 heterocycles. The van der Waals surface area contributed by atoms with Gasteiger partial charge in [0.1, 0.15) is 5.82 Å². The number of aryl methyl sites for hydroxylation is 2. The van der Waals surface area contributed by atoms with Gasteiger partial charge < -0.3 is 4.90 Å². The predicted octanol–water partition coefficient (Wildman–Crippen LogP) is 4.01. The number of hydrogen-bond acceptors (Lipinski definition) is 5. The van der Waals surface area contributed by atoms with Crippen molar-refractivity contribution in [3.05, 3.63) is 53.2 Å². The van der Waals surface area contributed by atoms with Crippen molar-refractivity contribution in [3.63, 3.8) is 0 Å². The van der Waals surface area contributed by atoms with Gasteiger partial charge in [-0.2, -0.15) is 0 Å². The summed E-state index contributed by atoms with van der Waals surface area (Å²) in [5, 5.41) is 1.27. The van der Waals surface area contributed by atoms with E-state index >= 15 is 0 Å². The van der Waals surface area contributed by atoms with Crippen LogP contribution in [-0.4, -0.2) is 47.6 Å². The minimum Gasteiger partial charge on any atom is -0.354 e. The van der Waals surface area contributed by atoms with Crippen LogP contribution in [0.1, 0.15) is 23.9 Å². The molecule has 0 amide bonds. The minimum atomic E-state index is 1.07. The zero-order chi connectivity index (χ0) is 17.8. The van der Waals surface area contributed by atoms with Crippen molar-refractivity contribution < 1.29 is 0 Å². The largest absolute Gasteiger partial charge is 0.354 e. The van der Waals surface area contributed by atoms with Crippen LogP contribution in [0, 0.1) is 0 Å². The Bertz CT molecular complexity index is 819. The van der Waals surface area contributed by atoms with Crippen molar-refractivity contribution in [1.29, 1.82) is 0 Å². The Morgan fingerprint density at radius 1 is 1.08 bits per heavy atom. The molecule has 1 aliphatic heterocycles. The Kier molecular flexibility index (Phi) is 5.46. The highest BCUT2D eigenvalue weighted by Gasteiger charge is 2.18. The fourth-order valence-corrected chi connectivity index (χ4v) is 4.54. The number of rotatable bonds is 6. The van der Waals surface area contributed by atoms with E-state index in [4.69, 9.17) is 4.98 Å². The second kappa shape index (κ2) is 8.14. The third-order valence-corrected chi connectivity index (χ3v) is 6.21. The summed E-state index contributed by atoms with van der Waals surface area (Å²) in [5.74, 6) is 1.14. The second-order valence-corrected chi connectivity index (χ2v) is 8.00. The maximum absolute atomic E-state index is 4.75. The zero-order valence-corrected chi connectivity index (χ0v) is 16.2. The van der Waals surface area contributed by atoms with Gasteiger partial charge in [0.05, 0.1) is 15.2 Å². The Hall–Kier alpha value is -1.98. The van der Waals surface area contributed by atoms with Gasteiger partial charge in [-0.3, -0.25) is 4.90 Å². The first-order valence-corrected chi connectivity index (χ1v) is 10.4. The molecule has 1 saturated heterocycles. The molecule has 0 spiro atoms. The van der Waals surface area contributed by atoms with E-state index in [0.717, 1.165) is 56.9 Å². The van der Waals surface area contributed by atoms with Gasteiger partial charge in [-0.25, -0.2) is 9.97 Å². The van der Waals surface area contributed by atoms with Crippen molar-refractivity contribution >= 4 is 27.4 Å². The number of thiazole rings is 1. The summed E-state index contributed by atoms with van der Waals surface area (Å²) < 4.78 is 1.30. The molecule has 3 aromatic rings. The zero-order valence-electron chi connectivity index (χ0n) is 15.4. The van der Waals surface area contributed by atoms with Crippen LogP contribution in [0.3, 0.4) is 0 Å². The fraction of sp³-hybridized carbons (Fsp3) is 0.429. The topological polar surface area (TPSA) is 32.3 Å². The van der Waals surface area contributed by atoms with Crippen molar-refractivity contribution in [1.82, 2.24) is 14.9 Å². The van der Waals surface area contributed by atoms with Gasteiger partial charge in [0.2, 0.25) is 0 Å². The highest BCUT2D eigenvalue weighted by Crippen LogP contribution is 2.22. The molecule has 0 saturated carbocycles. The molecule has 136 valence electrons. The van der Waals surface area contributed by atoms with Crippen LogP contribution >= 0.6 is 11.3 Å². The van der Waals surface area contributed by atoms with E-state index in [1.165, 1.54) is 21.7 Å². The highest BCUT2D eigenvalue weighted by molar-refractivity contribution is 7.18. The van der Waals surface area contributed by atoms with E-state index in [1.807, 2.05) is 17.5 Å². The first-order chi connectivity index (χ1) is 12.8. The number of aromatic nitrogens is 2. The average molecular weight is 367 g/mol. The maximum atomic E-state index is 4.75. The number of piperazine rings is 1. The number of para-hydroxylation sites is 1. The van der Waals surface area contributed by atoms with Crippen molar-refractivity contribution in [2.45, 2.75) is 26.2 Å². The van der Waals surface area contributed by atoms with Crippen LogP contribution in [-0.2, 0) is 12.8 Å². The molecule has 0 atom stereocenters. The van der Waals surface area contributed by atoms with Gasteiger partial charge in [0.25, 0.3) is 0 Å². The standard InChI is InChI=1S/C21H26N4S/c1-2-17-9-10-22-20(16-17)25-14-12-24(13-15-25)11-5-8-21-23-18-6-3-4-7-19(18)26-21/h3-4,6-7,9-10,16H,2,5,8,11-15H2,1H3. The first kappa shape index (κ1) is 17.4. The Balaban J connectivity index is 1.25. The molecule has 0 N–H and O–H groups in total. The molecule has 0 bridgehead atoms. The van der Waals surface area contributed by atoms with E-state index in [1.54, 1.807) is 0 Å². The molecule has 2 aromatic heterocycles. The second-order valence-electron chi connectivity index (χ2n) is 6.88. The Labute approximate surface area is 159 Å². The molecule has 0 unspecified atom stereocenters. The van der Waals surface area contributed by atoms with Crippen LogP contribution < -0.4 is 4.90 Å². The molecule has 26 heavy (non-hydrogen) atoms. The summed E-state index contributed by atoms with van der Waals surface area (Å²) >= 11 is 1.84. The lowest BCUT2D eigenvalue weighted by molar-refractivity contribution is 0.254. The molecule has 1 aromatic carbocycles. The minimum absolute atomic E-state index is 1.07. The van der Waals surface area contributed by atoms with Gasteiger partial charge in [-0.1, -0.05) is 19.1 Å². The molecule has 4 nitrogen and oxygen atoms in total. The molecule has 1 aliphatic rings. The third-order valence-electron chi connectivity index (χ3n) is 5.12. The van der Waals surface area contributed by atoms with Crippen molar-refractivity contribution in [2.24, 2.45) is 0 Å². The average Bonchev–Trinajstić information content (AvgIpc) is 3.11. The number of nitrogens with zero attached hydrogens (tertiary/aromatic N) is 4. The lowest BCUT2D eigenvalue weighted by atomic mass is 10.2. The van der Waals surface area contributed by atoms with E-state index in [0.29, 0.717) is 0 Å². The lowest BCUT2D eigenvalue weighted by Crippen LogP contribution is -2.47. The summed E-state index contributed by atoms with van der Waals surface area (Å²) in [5.41, 5.74) is 2.51. The third kappa shape index (κ3) is 4.05. The monoisotopic (exact) mass is 366 g/mol. The molecule has 4 rings (SSSR count). The van der Waals surface area contributed by atoms with Crippen LogP contribution in [0.5, 0.6) is 0 Å². The van der Waals surface area contributed by atoms with Crippen LogP contribution in [0.15, 0.2) is 42.6 Å². The first-order valence-electron chi connectivity index (χ1n) is 9.58. The number of anilines is 1.